The molecule has 0 bridgehead atoms. The Kier molecular flexibility index (Phi) is 6.95. The molecule has 0 radical (unpaired) electrons. The van der Waals surface area contributed by atoms with Crippen molar-refractivity contribution >= 4 is 51.6 Å². The molecular formula is C32H28N4O. The largest absolute Gasteiger partial charge is 0.355 e. The van der Waals surface area contributed by atoms with Crippen LogP contribution in [0.2, 0.25) is 0 Å². The number of allylic oxidation sites excluding steroid dienone is 1. The maximum Gasteiger partial charge on any atom is 0.248 e. The molecule has 1 amide bonds. The smallest absolute Gasteiger partial charge is 0.248 e. The number of fused-ring (bicyclic) bond motifs is 1. The van der Waals surface area contributed by atoms with Crippen molar-refractivity contribution in [3.63, 3.8) is 0 Å². The number of nitrogens with zero attached hydrogens (tertiary/aromatic N) is 1. The van der Waals surface area contributed by atoms with E-state index in [0.717, 1.165) is 55.9 Å². The zero-order chi connectivity index (χ0) is 25.6. The third-order valence-corrected chi connectivity index (χ3v) is 6.16. The molecule has 4 aromatic carbocycles. The number of rotatable bonds is 7. The number of nitrogens with one attached hydrogen (secondary N) is 3. The van der Waals surface area contributed by atoms with Gasteiger partial charge in [-0.15, -0.1) is 0 Å². The molecule has 0 saturated heterocycles. The Hall–Kier alpha value is -4.90. The molecule has 0 unspecified atom stereocenters. The molecule has 0 atom stereocenters. The topological polar surface area (TPSA) is 69.8 Å². The van der Waals surface area contributed by atoms with E-state index < -0.39 is 0 Å². The first-order chi connectivity index (χ1) is 18.0. The van der Waals surface area contributed by atoms with Crippen LogP contribution in [0.25, 0.3) is 28.6 Å². The maximum atomic E-state index is 12.6. The van der Waals surface area contributed by atoms with Crippen LogP contribution in [0, 0.1) is 6.92 Å². The summed E-state index contributed by atoms with van der Waals surface area (Å²) in [5.41, 5.74) is 8.63. The van der Waals surface area contributed by atoms with Crippen molar-refractivity contribution in [1.29, 1.82) is 0 Å². The van der Waals surface area contributed by atoms with E-state index in [4.69, 9.17) is 0 Å². The van der Waals surface area contributed by atoms with Gasteiger partial charge in [-0.2, -0.15) is 5.10 Å². The number of carbonyl (C=O) groups excluding carboxylic acids is 1. The van der Waals surface area contributed by atoms with E-state index in [9.17, 15) is 4.79 Å². The normalized spacial score (nSPS) is 11.7. The summed E-state index contributed by atoms with van der Waals surface area (Å²) >= 11 is 0. The number of H-pyrrole nitrogens is 1. The Morgan fingerprint density at radius 2 is 1.57 bits per heavy atom. The second-order valence-corrected chi connectivity index (χ2v) is 8.95. The molecule has 1 heterocycles. The third-order valence-electron chi connectivity index (χ3n) is 6.16. The van der Waals surface area contributed by atoms with Crippen molar-refractivity contribution in [3.05, 3.63) is 126 Å². The summed E-state index contributed by atoms with van der Waals surface area (Å²) in [5, 5.41) is 15.0. The lowest BCUT2D eigenvalue weighted by atomic mass is 10.0. The number of benzene rings is 4. The molecule has 0 aliphatic carbocycles. The predicted molar refractivity (Wildman–Crippen MR) is 155 cm³/mol. The molecule has 0 aliphatic heterocycles. The van der Waals surface area contributed by atoms with Gasteiger partial charge in [-0.05, 0) is 78.6 Å². The summed E-state index contributed by atoms with van der Waals surface area (Å²) in [4.78, 5) is 12.6. The molecule has 1 aromatic heterocycles. The summed E-state index contributed by atoms with van der Waals surface area (Å²) in [7, 11) is 0. The van der Waals surface area contributed by atoms with Crippen LogP contribution >= 0.6 is 0 Å². The minimum Gasteiger partial charge on any atom is -0.355 e. The van der Waals surface area contributed by atoms with E-state index in [1.54, 1.807) is 6.08 Å². The van der Waals surface area contributed by atoms with Crippen LogP contribution in [0.1, 0.15) is 29.3 Å². The van der Waals surface area contributed by atoms with Gasteiger partial charge in [0.05, 0.1) is 11.2 Å². The average molecular weight is 485 g/mol. The van der Waals surface area contributed by atoms with Crippen LogP contribution in [0.5, 0.6) is 0 Å². The van der Waals surface area contributed by atoms with Gasteiger partial charge in [0.25, 0.3) is 0 Å². The van der Waals surface area contributed by atoms with Gasteiger partial charge in [0.1, 0.15) is 0 Å². The van der Waals surface area contributed by atoms with Gasteiger partial charge in [0, 0.05) is 28.5 Å². The third kappa shape index (κ3) is 5.85. The summed E-state index contributed by atoms with van der Waals surface area (Å²) in [5.74, 6) is -0.159. The highest BCUT2D eigenvalue weighted by Gasteiger charge is 2.07. The van der Waals surface area contributed by atoms with Gasteiger partial charge in [0.2, 0.25) is 5.91 Å². The van der Waals surface area contributed by atoms with Gasteiger partial charge in [-0.1, -0.05) is 66.7 Å². The molecular weight excluding hydrogens is 456 g/mol. The average Bonchev–Trinajstić information content (AvgIpc) is 3.30. The van der Waals surface area contributed by atoms with E-state index >= 15 is 0 Å². The van der Waals surface area contributed by atoms with Gasteiger partial charge in [0.15, 0.2) is 0 Å². The van der Waals surface area contributed by atoms with Crippen LogP contribution in [0.3, 0.4) is 0 Å². The lowest BCUT2D eigenvalue weighted by Gasteiger charge is -2.10. The van der Waals surface area contributed by atoms with Crippen LogP contribution in [-0.2, 0) is 4.79 Å². The molecule has 182 valence electrons. The van der Waals surface area contributed by atoms with E-state index in [0.29, 0.717) is 0 Å². The number of aromatic amines is 1. The number of aromatic nitrogens is 2. The predicted octanol–water partition coefficient (Wildman–Crippen LogP) is 7.83. The molecule has 5 heteroatoms. The van der Waals surface area contributed by atoms with Gasteiger partial charge in [-0.25, -0.2) is 0 Å². The fourth-order valence-corrected chi connectivity index (χ4v) is 4.29. The second-order valence-electron chi connectivity index (χ2n) is 8.95. The number of amides is 1. The Morgan fingerprint density at radius 1 is 0.811 bits per heavy atom. The number of aryl methyl sites for hydroxylation is 1. The van der Waals surface area contributed by atoms with E-state index in [1.807, 2.05) is 98.8 Å². The van der Waals surface area contributed by atoms with Crippen LogP contribution in [0.15, 0.2) is 103 Å². The highest BCUT2D eigenvalue weighted by molar-refractivity contribution is 6.04. The van der Waals surface area contributed by atoms with Crippen molar-refractivity contribution in [3.8, 4) is 0 Å². The zero-order valence-electron chi connectivity index (χ0n) is 20.8. The Morgan fingerprint density at radius 3 is 2.41 bits per heavy atom. The number of hydrogen-bond donors (Lipinski definition) is 3. The first-order valence-corrected chi connectivity index (χ1v) is 12.2. The summed E-state index contributed by atoms with van der Waals surface area (Å²) in [6, 6.07) is 32.0. The molecule has 5 aromatic rings. The van der Waals surface area contributed by atoms with E-state index in [1.165, 1.54) is 0 Å². The van der Waals surface area contributed by atoms with Crippen molar-refractivity contribution < 1.29 is 4.79 Å². The maximum absolute atomic E-state index is 12.6. The van der Waals surface area contributed by atoms with Crippen molar-refractivity contribution in [2.24, 2.45) is 0 Å². The lowest BCUT2D eigenvalue weighted by Crippen LogP contribution is -2.09. The van der Waals surface area contributed by atoms with E-state index in [-0.39, 0.29) is 5.91 Å². The monoisotopic (exact) mass is 484 g/mol. The van der Waals surface area contributed by atoms with Crippen LogP contribution in [-0.4, -0.2) is 16.1 Å². The fraction of sp³-hybridized carbons (Fsp3) is 0.0625. The van der Waals surface area contributed by atoms with Crippen LogP contribution in [0.4, 0.5) is 17.1 Å². The quantitative estimate of drug-likeness (QED) is 0.206. The molecule has 5 rings (SSSR count). The first kappa shape index (κ1) is 23.8. The standard InChI is InChI=1S/C32H28N4O/c1-22-9-6-7-14-28(22)23(2)19-32(37)34-26-13-8-12-25(20-26)33-27-16-17-29-30(35-36-31(29)21-27)18-15-24-10-4-3-5-11-24/h3-21,33H,1-2H3,(H,34,37)(H,35,36)/b18-15+,23-19+. The Labute approximate surface area is 216 Å². The van der Waals surface area contributed by atoms with Gasteiger partial charge >= 0.3 is 0 Å². The molecule has 0 fully saturated rings. The van der Waals surface area contributed by atoms with E-state index in [2.05, 4.69) is 45.1 Å². The molecule has 0 saturated carbocycles. The highest BCUT2D eigenvalue weighted by atomic mass is 16.1. The van der Waals surface area contributed by atoms with Gasteiger partial charge < -0.3 is 10.6 Å². The summed E-state index contributed by atoms with van der Waals surface area (Å²) < 4.78 is 0. The minimum absolute atomic E-state index is 0.159. The molecule has 5 nitrogen and oxygen atoms in total. The fourth-order valence-electron chi connectivity index (χ4n) is 4.29. The molecule has 37 heavy (non-hydrogen) atoms. The van der Waals surface area contributed by atoms with Crippen molar-refractivity contribution in [1.82, 2.24) is 10.2 Å². The number of anilines is 3. The molecule has 0 aliphatic rings. The lowest BCUT2D eigenvalue weighted by molar-refractivity contribution is -0.111. The minimum atomic E-state index is -0.159. The number of carbonyl (C=O) groups is 1. The number of hydrogen-bond acceptors (Lipinski definition) is 3. The summed E-state index contributed by atoms with van der Waals surface area (Å²) in [6.07, 6.45) is 5.71. The van der Waals surface area contributed by atoms with Gasteiger partial charge in [-0.3, -0.25) is 9.89 Å². The van der Waals surface area contributed by atoms with Crippen molar-refractivity contribution in [2.45, 2.75) is 13.8 Å². The zero-order valence-corrected chi connectivity index (χ0v) is 20.8. The summed E-state index contributed by atoms with van der Waals surface area (Å²) in [6.45, 7) is 4.00. The van der Waals surface area contributed by atoms with Crippen molar-refractivity contribution in [2.75, 3.05) is 10.6 Å². The molecule has 3 N–H and O–H groups in total. The Bertz CT molecular complexity index is 1610. The Balaban J connectivity index is 1.27. The first-order valence-electron chi connectivity index (χ1n) is 12.2. The second kappa shape index (κ2) is 10.8. The molecule has 0 spiro atoms. The SMILES string of the molecule is C/C(=C\C(=O)Nc1cccc(Nc2ccc3c(/C=C/c4ccccc4)n[nH]c3c2)c1)c1ccccc1C. The van der Waals surface area contributed by atoms with Crippen LogP contribution < -0.4 is 10.6 Å². The highest BCUT2D eigenvalue weighted by Crippen LogP contribution is 2.26.